The smallest absolute Gasteiger partial charge is 0.198 e. The SMILES string of the molecule is COCC(O)c1ccoc1Cl. The molecule has 62 valence electrons. The highest BCUT2D eigenvalue weighted by molar-refractivity contribution is 6.29. The van der Waals surface area contributed by atoms with Crippen LogP contribution in [0.2, 0.25) is 5.22 Å². The molecule has 0 aliphatic carbocycles. The maximum absolute atomic E-state index is 9.32. The lowest BCUT2D eigenvalue weighted by molar-refractivity contribution is 0.0641. The van der Waals surface area contributed by atoms with Gasteiger partial charge in [0.2, 0.25) is 0 Å². The molecule has 0 fully saturated rings. The highest BCUT2D eigenvalue weighted by Crippen LogP contribution is 2.23. The molecule has 1 aromatic heterocycles. The molecule has 0 aliphatic heterocycles. The quantitative estimate of drug-likeness (QED) is 0.761. The highest BCUT2D eigenvalue weighted by atomic mass is 35.5. The number of ether oxygens (including phenoxy) is 1. The molecule has 1 unspecified atom stereocenters. The van der Waals surface area contributed by atoms with Crippen LogP contribution in [0.5, 0.6) is 0 Å². The third kappa shape index (κ3) is 1.96. The number of rotatable bonds is 3. The molecular formula is C7H9ClO3. The van der Waals surface area contributed by atoms with Crippen molar-refractivity contribution in [2.24, 2.45) is 0 Å². The van der Waals surface area contributed by atoms with Crippen LogP contribution >= 0.6 is 11.6 Å². The largest absolute Gasteiger partial charge is 0.453 e. The number of aliphatic hydroxyl groups excluding tert-OH is 1. The fraction of sp³-hybridized carbons (Fsp3) is 0.429. The molecule has 0 radical (unpaired) electrons. The summed E-state index contributed by atoms with van der Waals surface area (Å²) >= 11 is 5.59. The molecule has 1 N–H and O–H groups in total. The molecule has 0 bridgehead atoms. The molecule has 1 heterocycles. The summed E-state index contributed by atoms with van der Waals surface area (Å²) in [5.74, 6) is 0. The number of furan rings is 1. The van der Waals surface area contributed by atoms with Gasteiger partial charge in [-0.05, 0) is 17.7 Å². The summed E-state index contributed by atoms with van der Waals surface area (Å²) in [5, 5.41) is 9.54. The minimum atomic E-state index is -0.703. The third-order valence-corrected chi connectivity index (χ3v) is 1.64. The fourth-order valence-electron chi connectivity index (χ4n) is 0.790. The first kappa shape index (κ1) is 8.59. The minimum absolute atomic E-state index is 0.217. The van der Waals surface area contributed by atoms with Crippen molar-refractivity contribution in [2.45, 2.75) is 6.10 Å². The average Bonchev–Trinajstić information content (AvgIpc) is 2.36. The van der Waals surface area contributed by atoms with E-state index in [1.54, 1.807) is 6.07 Å². The van der Waals surface area contributed by atoms with Gasteiger partial charge in [-0.3, -0.25) is 0 Å². The van der Waals surface area contributed by atoms with Crippen LogP contribution in [0.4, 0.5) is 0 Å². The molecule has 0 saturated heterocycles. The van der Waals surface area contributed by atoms with Crippen LogP contribution in [0.25, 0.3) is 0 Å². The van der Waals surface area contributed by atoms with Gasteiger partial charge >= 0.3 is 0 Å². The Hall–Kier alpha value is -0.510. The van der Waals surface area contributed by atoms with Gasteiger partial charge in [-0.1, -0.05) is 0 Å². The summed E-state index contributed by atoms with van der Waals surface area (Å²) < 4.78 is 9.51. The van der Waals surface area contributed by atoms with Crippen LogP contribution in [0.15, 0.2) is 16.7 Å². The van der Waals surface area contributed by atoms with Gasteiger partial charge in [0.1, 0.15) is 6.10 Å². The molecule has 1 rings (SSSR count). The van der Waals surface area contributed by atoms with Crippen molar-refractivity contribution in [1.29, 1.82) is 0 Å². The van der Waals surface area contributed by atoms with E-state index in [0.717, 1.165) is 0 Å². The second-order valence-corrected chi connectivity index (χ2v) is 2.46. The van der Waals surface area contributed by atoms with Gasteiger partial charge in [0.05, 0.1) is 12.9 Å². The number of hydrogen-bond donors (Lipinski definition) is 1. The normalized spacial score (nSPS) is 13.4. The van der Waals surface area contributed by atoms with Crippen LogP contribution in [0.3, 0.4) is 0 Å². The fourth-order valence-corrected chi connectivity index (χ4v) is 1.03. The van der Waals surface area contributed by atoms with Crippen molar-refractivity contribution >= 4 is 11.6 Å². The Labute approximate surface area is 69.5 Å². The predicted octanol–water partition coefficient (Wildman–Crippen LogP) is 1.61. The van der Waals surface area contributed by atoms with Gasteiger partial charge < -0.3 is 14.3 Å². The maximum atomic E-state index is 9.32. The highest BCUT2D eigenvalue weighted by Gasteiger charge is 2.12. The lowest BCUT2D eigenvalue weighted by atomic mass is 10.2. The molecule has 4 heteroatoms. The third-order valence-electron chi connectivity index (χ3n) is 1.33. The molecule has 0 saturated carbocycles. The Balaban J connectivity index is 2.67. The molecule has 0 amide bonds. The van der Waals surface area contributed by atoms with Crippen molar-refractivity contribution in [3.63, 3.8) is 0 Å². The first-order valence-corrected chi connectivity index (χ1v) is 3.53. The summed E-state index contributed by atoms with van der Waals surface area (Å²) in [7, 11) is 1.51. The van der Waals surface area contributed by atoms with Gasteiger partial charge in [0.25, 0.3) is 0 Å². The van der Waals surface area contributed by atoms with E-state index >= 15 is 0 Å². The monoisotopic (exact) mass is 176 g/mol. The molecule has 0 aromatic carbocycles. The summed E-state index contributed by atoms with van der Waals surface area (Å²) in [6.45, 7) is 0.221. The zero-order chi connectivity index (χ0) is 8.27. The minimum Gasteiger partial charge on any atom is -0.453 e. The van der Waals surface area contributed by atoms with Crippen LogP contribution in [-0.2, 0) is 4.74 Å². The lowest BCUT2D eigenvalue weighted by Gasteiger charge is -2.05. The van der Waals surface area contributed by atoms with Crippen LogP contribution < -0.4 is 0 Å². The molecule has 0 spiro atoms. The first-order valence-electron chi connectivity index (χ1n) is 3.15. The second kappa shape index (κ2) is 3.76. The van der Waals surface area contributed by atoms with E-state index in [1.165, 1.54) is 13.4 Å². The number of hydrogen-bond acceptors (Lipinski definition) is 3. The van der Waals surface area contributed by atoms with E-state index in [0.29, 0.717) is 5.56 Å². The van der Waals surface area contributed by atoms with Crippen molar-refractivity contribution in [3.05, 3.63) is 23.1 Å². The summed E-state index contributed by atoms with van der Waals surface area (Å²) in [4.78, 5) is 0. The molecule has 0 aliphatic rings. The summed E-state index contributed by atoms with van der Waals surface area (Å²) in [6.07, 6.45) is 0.725. The van der Waals surface area contributed by atoms with Crippen molar-refractivity contribution in [3.8, 4) is 0 Å². The number of halogens is 1. The van der Waals surface area contributed by atoms with Crippen molar-refractivity contribution < 1.29 is 14.3 Å². The van der Waals surface area contributed by atoms with E-state index < -0.39 is 6.10 Å². The Bertz CT molecular complexity index is 221. The molecule has 1 atom stereocenters. The first-order chi connectivity index (χ1) is 5.25. The summed E-state index contributed by atoms with van der Waals surface area (Å²) in [5.41, 5.74) is 0.563. The second-order valence-electron chi connectivity index (χ2n) is 2.12. The number of methoxy groups -OCH3 is 1. The van der Waals surface area contributed by atoms with Crippen LogP contribution in [0, 0.1) is 0 Å². The Morgan fingerprint density at radius 1 is 1.82 bits per heavy atom. The van der Waals surface area contributed by atoms with E-state index in [1.807, 2.05) is 0 Å². The van der Waals surface area contributed by atoms with E-state index in [9.17, 15) is 5.11 Å². The topological polar surface area (TPSA) is 42.6 Å². The predicted molar refractivity (Wildman–Crippen MR) is 40.6 cm³/mol. The Morgan fingerprint density at radius 2 is 2.55 bits per heavy atom. The zero-order valence-corrected chi connectivity index (χ0v) is 6.84. The number of aliphatic hydroxyl groups is 1. The maximum Gasteiger partial charge on any atom is 0.198 e. The lowest BCUT2D eigenvalue weighted by Crippen LogP contribution is -2.03. The van der Waals surface area contributed by atoms with Crippen LogP contribution in [-0.4, -0.2) is 18.8 Å². The van der Waals surface area contributed by atoms with Crippen molar-refractivity contribution in [1.82, 2.24) is 0 Å². The van der Waals surface area contributed by atoms with E-state index in [-0.39, 0.29) is 11.8 Å². The summed E-state index contributed by atoms with van der Waals surface area (Å²) in [6, 6.07) is 1.62. The molecular weight excluding hydrogens is 168 g/mol. The van der Waals surface area contributed by atoms with Crippen LogP contribution in [0.1, 0.15) is 11.7 Å². The van der Waals surface area contributed by atoms with Gasteiger partial charge in [-0.15, -0.1) is 0 Å². The molecule has 1 aromatic rings. The zero-order valence-electron chi connectivity index (χ0n) is 6.08. The van der Waals surface area contributed by atoms with Gasteiger partial charge in [0, 0.05) is 12.7 Å². The van der Waals surface area contributed by atoms with E-state index in [4.69, 9.17) is 20.8 Å². The van der Waals surface area contributed by atoms with Gasteiger partial charge in [-0.25, -0.2) is 0 Å². The molecule has 11 heavy (non-hydrogen) atoms. The Morgan fingerprint density at radius 3 is 3.00 bits per heavy atom. The standard InChI is InChI=1S/C7H9ClO3/c1-10-4-6(9)5-2-3-11-7(5)8/h2-3,6,9H,4H2,1H3. The van der Waals surface area contributed by atoms with Gasteiger partial charge in [-0.2, -0.15) is 0 Å². The van der Waals surface area contributed by atoms with Crippen molar-refractivity contribution in [2.75, 3.05) is 13.7 Å². The van der Waals surface area contributed by atoms with Gasteiger partial charge in [0.15, 0.2) is 5.22 Å². The average molecular weight is 177 g/mol. The Kier molecular flexibility index (Phi) is 2.93. The molecule has 3 nitrogen and oxygen atoms in total. The van der Waals surface area contributed by atoms with E-state index in [2.05, 4.69) is 0 Å².